The van der Waals surface area contributed by atoms with E-state index in [1.807, 2.05) is 6.92 Å². The highest BCUT2D eigenvalue weighted by molar-refractivity contribution is 4.77. The minimum atomic E-state index is 0.680. The van der Waals surface area contributed by atoms with E-state index in [-0.39, 0.29) is 0 Å². The first-order valence-electron chi connectivity index (χ1n) is 6.89. The molecular weight excluding hydrogens is 216 g/mol. The lowest BCUT2D eigenvalue weighted by atomic mass is 10.2. The molecule has 1 fully saturated rings. The van der Waals surface area contributed by atoms with Crippen LogP contribution in [0.4, 0.5) is 0 Å². The Bertz CT molecular complexity index is 173. The van der Waals surface area contributed by atoms with Crippen LogP contribution in [0.2, 0.25) is 0 Å². The molecule has 0 aromatic rings. The zero-order valence-corrected chi connectivity index (χ0v) is 11.4. The number of ether oxygens (including phenoxy) is 2. The van der Waals surface area contributed by atoms with Crippen LogP contribution in [0.15, 0.2) is 0 Å². The van der Waals surface area contributed by atoms with E-state index in [0.29, 0.717) is 6.04 Å². The van der Waals surface area contributed by atoms with Crippen LogP contribution in [0.3, 0.4) is 0 Å². The molecule has 1 unspecified atom stereocenters. The number of hydrogen-bond donors (Lipinski definition) is 1. The van der Waals surface area contributed by atoms with Gasteiger partial charge >= 0.3 is 0 Å². The van der Waals surface area contributed by atoms with Crippen molar-refractivity contribution in [2.45, 2.75) is 32.2 Å². The van der Waals surface area contributed by atoms with Crippen molar-refractivity contribution in [2.75, 3.05) is 53.1 Å². The fraction of sp³-hybridized carbons (Fsp3) is 1.00. The largest absolute Gasteiger partial charge is 0.383 e. The Morgan fingerprint density at radius 2 is 2.18 bits per heavy atom. The number of methoxy groups -OCH3 is 1. The van der Waals surface area contributed by atoms with Gasteiger partial charge < -0.3 is 14.8 Å². The van der Waals surface area contributed by atoms with Gasteiger partial charge in [0.25, 0.3) is 0 Å². The predicted molar refractivity (Wildman–Crippen MR) is 70.5 cm³/mol. The maximum atomic E-state index is 5.38. The van der Waals surface area contributed by atoms with E-state index in [1.54, 1.807) is 7.11 Å². The van der Waals surface area contributed by atoms with Gasteiger partial charge in [0.2, 0.25) is 0 Å². The molecule has 1 atom stereocenters. The van der Waals surface area contributed by atoms with Gasteiger partial charge in [-0.1, -0.05) is 0 Å². The summed E-state index contributed by atoms with van der Waals surface area (Å²) >= 11 is 0. The monoisotopic (exact) mass is 244 g/mol. The number of rotatable bonds is 10. The Balaban J connectivity index is 2.16. The standard InChI is InChI=1S/C13H28N2O2/c1-3-17-10-5-8-15(9-11-16-2)12-13-6-4-7-14-13/h13-14H,3-12H2,1-2H3. The molecule has 1 rings (SSSR count). The zero-order valence-electron chi connectivity index (χ0n) is 11.4. The van der Waals surface area contributed by atoms with E-state index < -0.39 is 0 Å². The Labute approximate surface area is 106 Å². The summed E-state index contributed by atoms with van der Waals surface area (Å²) in [4.78, 5) is 2.49. The van der Waals surface area contributed by atoms with E-state index in [1.165, 1.54) is 19.4 Å². The quantitative estimate of drug-likeness (QED) is 0.584. The summed E-state index contributed by atoms with van der Waals surface area (Å²) in [6.45, 7) is 9.03. The van der Waals surface area contributed by atoms with Crippen LogP contribution >= 0.6 is 0 Å². The van der Waals surface area contributed by atoms with Crippen LogP contribution in [-0.2, 0) is 9.47 Å². The Kier molecular flexibility index (Phi) is 8.61. The van der Waals surface area contributed by atoms with Gasteiger partial charge in [-0.3, -0.25) is 4.90 Å². The fourth-order valence-electron chi connectivity index (χ4n) is 2.27. The molecule has 0 aromatic carbocycles. The second-order valence-electron chi connectivity index (χ2n) is 4.64. The molecule has 102 valence electrons. The van der Waals surface area contributed by atoms with Crippen LogP contribution in [0.1, 0.15) is 26.2 Å². The molecule has 1 aliphatic heterocycles. The highest BCUT2D eigenvalue weighted by Crippen LogP contribution is 2.07. The van der Waals surface area contributed by atoms with E-state index in [2.05, 4.69) is 10.2 Å². The van der Waals surface area contributed by atoms with Crippen molar-refractivity contribution in [1.29, 1.82) is 0 Å². The lowest BCUT2D eigenvalue weighted by Gasteiger charge is -2.25. The summed E-state index contributed by atoms with van der Waals surface area (Å²) in [6.07, 6.45) is 3.75. The SMILES string of the molecule is CCOCCCN(CCOC)CC1CCCN1. The zero-order chi connectivity index (χ0) is 12.3. The minimum absolute atomic E-state index is 0.680. The Morgan fingerprint density at radius 3 is 2.82 bits per heavy atom. The molecule has 0 aliphatic carbocycles. The van der Waals surface area contributed by atoms with Crippen molar-refractivity contribution < 1.29 is 9.47 Å². The summed E-state index contributed by atoms with van der Waals surface area (Å²) < 4.78 is 10.6. The summed E-state index contributed by atoms with van der Waals surface area (Å²) in [5.41, 5.74) is 0. The maximum Gasteiger partial charge on any atom is 0.0589 e. The van der Waals surface area contributed by atoms with Crippen molar-refractivity contribution in [3.63, 3.8) is 0 Å². The second kappa shape index (κ2) is 9.83. The van der Waals surface area contributed by atoms with E-state index in [0.717, 1.165) is 45.9 Å². The molecule has 0 amide bonds. The van der Waals surface area contributed by atoms with Crippen molar-refractivity contribution >= 4 is 0 Å². The molecule has 4 heteroatoms. The number of hydrogen-bond acceptors (Lipinski definition) is 4. The number of nitrogens with zero attached hydrogens (tertiary/aromatic N) is 1. The van der Waals surface area contributed by atoms with E-state index >= 15 is 0 Å². The van der Waals surface area contributed by atoms with Crippen LogP contribution in [0.5, 0.6) is 0 Å². The highest BCUT2D eigenvalue weighted by atomic mass is 16.5. The van der Waals surface area contributed by atoms with Crippen molar-refractivity contribution in [1.82, 2.24) is 10.2 Å². The van der Waals surface area contributed by atoms with Crippen LogP contribution in [0.25, 0.3) is 0 Å². The molecule has 1 N–H and O–H groups in total. The third-order valence-electron chi connectivity index (χ3n) is 3.22. The fourth-order valence-corrected chi connectivity index (χ4v) is 2.27. The Hall–Kier alpha value is -0.160. The van der Waals surface area contributed by atoms with E-state index in [4.69, 9.17) is 9.47 Å². The van der Waals surface area contributed by atoms with Crippen molar-refractivity contribution in [3.05, 3.63) is 0 Å². The third-order valence-corrected chi connectivity index (χ3v) is 3.22. The van der Waals surface area contributed by atoms with E-state index in [9.17, 15) is 0 Å². The van der Waals surface area contributed by atoms with Crippen molar-refractivity contribution in [3.8, 4) is 0 Å². The highest BCUT2D eigenvalue weighted by Gasteiger charge is 2.17. The summed E-state index contributed by atoms with van der Waals surface area (Å²) in [5.74, 6) is 0. The van der Waals surface area contributed by atoms with Crippen LogP contribution in [-0.4, -0.2) is 64.1 Å². The summed E-state index contributed by atoms with van der Waals surface area (Å²) in [6, 6.07) is 0.680. The Morgan fingerprint density at radius 1 is 1.29 bits per heavy atom. The molecule has 0 aromatic heterocycles. The molecule has 0 spiro atoms. The topological polar surface area (TPSA) is 33.7 Å². The minimum Gasteiger partial charge on any atom is -0.383 e. The molecule has 0 radical (unpaired) electrons. The van der Waals surface area contributed by atoms with Gasteiger partial charge in [-0.05, 0) is 32.7 Å². The smallest absolute Gasteiger partial charge is 0.0589 e. The lowest BCUT2D eigenvalue weighted by molar-refractivity contribution is 0.113. The second-order valence-corrected chi connectivity index (χ2v) is 4.64. The van der Waals surface area contributed by atoms with Gasteiger partial charge in [0.05, 0.1) is 6.61 Å². The third kappa shape index (κ3) is 6.99. The molecule has 1 heterocycles. The first-order chi connectivity index (χ1) is 8.36. The van der Waals surface area contributed by atoms with Gasteiger partial charge in [0, 0.05) is 46.0 Å². The lowest BCUT2D eigenvalue weighted by Crippen LogP contribution is -2.39. The van der Waals surface area contributed by atoms with Gasteiger partial charge in [-0.2, -0.15) is 0 Å². The molecule has 1 saturated heterocycles. The molecule has 4 nitrogen and oxygen atoms in total. The average Bonchev–Trinajstić information content (AvgIpc) is 2.84. The summed E-state index contributed by atoms with van der Waals surface area (Å²) in [5, 5.41) is 3.55. The molecular formula is C13H28N2O2. The average molecular weight is 244 g/mol. The number of nitrogens with one attached hydrogen (secondary N) is 1. The summed E-state index contributed by atoms with van der Waals surface area (Å²) in [7, 11) is 1.77. The van der Waals surface area contributed by atoms with Gasteiger partial charge in [0.1, 0.15) is 0 Å². The predicted octanol–water partition coefficient (Wildman–Crippen LogP) is 1.11. The first kappa shape index (κ1) is 14.9. The molecule has 0 saturated carbocycles. The first-order valence-corrected chi connectivity index (χ1v) is 6.89. The molecule has 17 heavy (non-hydrogen) atoms. The maximum absolute atomic E-state index is 5.38. The van der Waals surface area contributed by atoms with Gasteiger partial charge in [-0.25, -0.2) is 0 Å². The van der Waals surface area contributed by atoms with Gasteiger partial charge in [0.15, 0.2) is 0 Å². The normalized spacial score (nSPS) is 20.3. The molecule has 0 bridgehead atoms. The van der Waals surface area contributed by atoms with Crippen molar-refractivity contribution in [2.24, 2.45) is 0 Å². The van der Waals surface area contributed by atoms with Crippen LogP contribution < -0.4 is 5.32 Å². The van der Waals surface area contributed by atoms with Gasteiger partial charge in [-0.15, -0.1) is 0 Å². The molecule has 1 aliphatic rings. The van der Waals surface area contributed by atoms with Crippen LogP contribution in [0, 0.1) is 0 Å².